The summed E-state index contributed by atoms with van der Waals surface area (Å²) in [6, 6.07) is 9.21. The molecular formula is C17H24N2O. The number of benzene rings is 1. The molecule has 0 saturated carbocycles. The van der Waals surface area contributed by atoms with Crippen LogP contribution in [0.25, 0.3) is 0 Å². The first-order valence-corrected chi connectivity index (χ1v) is 7.77. The van der Waals surface area contributed by atoms with Gasteiger partial charge in [0, 0.05) is 36.4 Å². The van der Waals surface area contributed by atoms with Crippen LogP contribution in [0.4, 0.5) is 5.69 Å². The standard InChI is InChI=1S/C17H24N2O/c1-13-11-18-10-6-5-7-15(18)12-19(13)17-9-4-3-8-16(17)14(2)20/h3-4,8-9,13,15H,5-7,10-12H2,1-2H3. The molecule has 1 aromatic rings. The summed E-state index contributed by atoms with van der Waals surface area (Å²) in [6.45, 7) is 7.38. The van der Waals surface area contributed by atoms with Crippen LogP contribution < -0.4 is 4.90 Å². The molecule has 0 radical (unpaired) electrons. The van der Waals surface area contributed by atoms with Crippen molar-refractivity contribution in [2.24, 2.45) is 0 Å². The number of carbonyl (C=O) groups is 1. The zero-order valence-corrected chi connectivity index (χ0v) is 12.5. The Morgan fingerprint density at radius 2 is 2.00 bits per heavy atom. The van der Waals surface area contributed by atoms with Crippen molar-refractivity contribution in [3.8, 4) is 0 Å². The van der Waals surface area contributed by atoms with Gasteiger partial charge in [-0.25, -0.2) is 0 Å². The summed E-state index contributed by atoms with van der Waals surface area (Å²) in [5.41, 5.74) is 1.99. The molecule has 1 aromatic carbocycles. The van der Waals surface area contributed by atoms with Crippen LogP contribution in [0.3, 0.4) is 0 Å². The van der Waals surface area contributed by atoms with E-state index in [2.05, 4.69) is 22.8 Å². The number of piperazine rings is 1. The van der Waals surface area contributed by atoms with Crippen molar-refractivity contribution in [1.29, 1.82) is 0 Å². The molecule has 3 heteroatoms. The van der Waals surface area contributed by atoms with Crippen molar-refractivity contribution < 1.29 is 4.79 Å². The summed E-state index contributed by atoms with van der Waals surface area (Å²) < 4.78 is 0. The Kier molecular flexibility index (Phi) is 3.79. The van der Waals surface area contributed by atoms with Gasteiger partial charge in [-0.3, -0.25) is 9.69 Å². The molecule has 3 nitrogen and oxygen atoms in total. The molecule has 2 unspecified atom stereocenters. The molecule has 2 heterocycles. The Morgan fingerprint density at radius 3 is 2.80 bits per heavy atom. The normalized spacial score (nSPS) is 27.2. The highest BCUT2D eigenvalue weighted by atomic mass is 16.1. The number of anilines is 1. The second-order valence-corrected chi connectivity index (χ2v) is 6.22. The number of fused-ring (bicyclic) bond motifs is 1. The number of Topliss-reactive ketones (excluding diaryl/α,β-unsaturated/α-hetero) is 1. The number of rotatable bonds is 2. The van der Waals surface area contributed by atoms with Crippen LogP contribution in [0.2, 0.25) is 0 Å². The maximum Gasteiger partial charge on any atom is 0.161 e. The van der Waals surface area contributed by atoms with E-state index < -0.39 is 0 Å². The summed E-state index contributed by atoms with van der Waals surface area (Å²) in [6.07, 6.45) is 3.98. The van der Waals surface area contributed by atoms with E-state index in [-0.39, 0.29) is 5.78 Å². The lowest BCUT2D eigenvalue weighted by Crippen LogP contribution is -2.59. The van der Waals surface area contributed by atoms with E-state index in [9.17, 15) is 4.79 Å². The Labute approximate surface area is 121 Å². The molecule has 2 aliphatic heterocycles. The summed E-state index contributed by atoms with van der Waals surface area (Å²) in [4.78, 5) is 16.9. The van der Waals surface area contributed by atoms with Crippen LogP contribution in [0.15, 0.2) is 24.3 Å². The van der Waals surface area contributed by atoms with Gasteiger partial charge in [-0.2, -0.15) is 0 Å². The molecule has 0 aromatic heterocycles. The van der Waals surface area contributed by atoms with Gasteiger partial charge in [0.25, 0.3) is 0 Å². The van der Waals surface area contributed by atoms with Crippen LogP contribution in [-0.2, 0) is 0 Å². The number of carbonyl (C=O) groups excluding carboxylic acids is 1. The molecule has 20 heavy (non-hydrogen) atoms. The second-order valence-electron chi connectivity index (χ2n) is 6.22. The van der Waals surface area contributed by atoms with E-state index in [0.29, 0.717) is 12.1 Å². The number of ketones is 1. The van der Waals surface area contributed by atoms with Gasteiger partial charge in [0.15, 0.2) is 5.78 Å². The van der Waals surface area contributed by atoms with Gasteiger partial charge in [0.2, 0.25) is 0 Å². The van der Waals surface area contributed by atoms with Crippen LogP contribution in [-0.4, -0.2) is 42.4 Å². The molecule has 2 atom stereocenters. The van der Waals surface area contributed by atoms with E-state index in [0.717, 1.165) is 24.3 Å². The number of nitrogens with zero attached hydrogens (tertiary/aromatic N) is 2. The van der Waals surface area contributed by atoms with Gasteiger partial charge in [0.1, 0.15) is 0 Å². The molecule has 0 N–H and O–H groups in total. The molecule has 3 rings (SSSR count). The minimum absolute atomic E-state index is 0.166. The first-order chi connectivity index (χ1) is 9.66. The Bertz CT molecular complexity index is 500. The van der Waals surface area contributed by atoms with Crippen molar-refractivity contribution in [2.45, 2.75) is 45.2 Å². The highest BCUT2D eigenvalue weighted by Crippen LogP contribution is 2.30. The minimum Gasteiger partial charge on any atom is -0.365 e. The lowest BCUT2D eigenvalue weighted by molar-refractivity contribution is 0.101. The molecule has 2 aliphatic rings. The number of piperidine rings is 1. The fourth-order valence-corrected chi connectivity index (χ4v) is 3.71. The lowest BCUT2D eigenvalue weighted by Gasteiger charge is -2.48. The van der Waals surface area contributed by atoms with E-state index in [4.69, 9.17) is 0 Å². The van der Waals surface area contributed by atoms with E-state index >= 15 is 0 Å². The third-order valence-electron chi connectivity index (χ3n) is 4.78. The Balaban J connectivity index is 1.88. The molecule has 2 fully saturated rings. The average Bonchev–Trinajstić information content (AvgIpc) is 2.46. The summed E-state index contributed by atoms with van der Waals surface area (Å²) in [7, 11) is 0. The van der Waals surface area contributed by atoms with Crippen molar-refractivity contribution in [3.63, 3.8) is 0 Å². The largest absolute Gasteiger partial charge is 0.365 e. The maximum absolute atomic E-state index is 11.9. The molecule has 0 aliphatic carbocycles. The number of hydrogen-bond acceptors (Lipinski definition) is 3. The van der Waals surface area contributed by atoms with Crippen LogP contribution in [0.1, 0.15) is 43.5 Å². The molecule has 0 spiro atoms. The fraction of sp³-hybridized carbons (Fsp3) is 0.588. The average molecular weight is 272 g/mol. The molecule has 0 amide bonds. The topological polar surface area (TPSA) is 23.6 Å². The molecule has 0 bridgehead atoms. The molecular weight excluding hydrogens is 248 g/mol. The summed E-state index contributed by atoms with van der Waals surface area (Å²) in [5, 5.41) is 0. The van der Waals surface area contributed by atoms with Gasteiger partial charge in [-0.15, -0.1) is 0 Å². The first kappa shape index (κ1) is 13.6. The van der Waals surface area contributed by atoms with Gasteiger partial charge in [-0.1, -0.05) is 18.6 Å². The van der Waals surface area contributed by atoms with E-state index in [1.54, 1.807) is 6.92 Å². The Morgan fingerprint density at radius 1 is 1.20 bits per heavy atom. The number of para-hydroxylation sites is 1. The first-order valence-electron chi connectivity index (χ1n) is 7.77. The highest BCUT2D eigenvalue weighted by molar-refractivity contribution is 5.99. The third kappa shape index (κ3) is 2.47. The van der Waals surface area contributed by atoms with Gasteiger partial charge < -0.3 is 4.90 Å². The quantitative estimate of drug-likeness (QED) is 0.773. The zero-order valence-electron chi connectivity index (χ0n) is 12.5. The van der Waals surface area contributed by atoms with E-state index in [1.807, 2.05) is 18.2 Å². The Hall–Kier alpha value is -1.35. The zero-order chi connectivity index (χ0) is 14.1. The van der Waals surface area contributed by atoms with Gasteiger partial charge in [0.05, 0.1) is 0 Å². The monoisotopic (exact) mass is 272 g/mol. The van der Waals surface area contributed by atoms with Crippen molar-refractivity contribution >= 4 is 11.5 Å². The second kappa shape index (κ2) is 5.57. The van der Waals surface area contributed by atoms with Crippen LogP contribution in [0, 0.1) is 0 Å². The van der Waals surface area contributed by atoms with Crippen molar-refractivity contribution in [3.05, 3.63) is 29.8 Å². The molecule has 2 saturated heterocycles. The SMILES string of the molecule is CC(=O)c1ccccc1N1CC2CCCCN2CC1C. The van der Waals surface area contributed by atoms with Crippen molar-refractivity contribution in [2.75, 3.05) is 24.5 Å². The predicted molar refractivity (Wildman–Crippen MR) is 82.5 cm³/mol. The van der Waals surface area contributed by atoms with Crippen LogP contribution >= 0.6 is 0 Å². The minimum atomic E-state index is 0.166. The van der Waals surface area contributed by atoms with Crippen LogP contribution in [0.5, 0.6) is 0 Å². The van der Waals surface area contributed by atoms with Crippen molar-refractivity contribution in [1.82, 2.24) is 4.90 Å². The number of hydrogen-bond donors (Lipinski definition) is 0. The lowest BCUT2D eigenvalue weighted by atomic mass is 9.95. The van der Waals surface area contributed by atoms with E-state index in [1.165, 1.54) is 25.8 Å². The summed E-state index contributed by atoms with van der Waals surface area (Å²) in [5.74, 6) is 0.166. The highest BCUT2D eigenvalue weighted by Gasteiger charge is 2.33. The summed E-state index contributed by atoms with van der Waals surface area (Å²) >= 11 is 0. The smallest absolute Gasteiger partial charge is 0.161 e. The van der Waals surface area contributed by atoms with Gasteiger partial charge >= 0.3 is 0 Å². The van der Waals surface area contributed by atoms with Gasteiger partial charge in [-0.05, 0) is 45.4 Å². The molecule has 108 valence electrons. The predicted octanol–water partition coefficient (Wildman–Crippen LogP) is 2.95. The maximum atomic E-state index is 11.9. The third-order valence-corrected chi connectivity index (χ3v) is 4.78. The fourth-order valence-electron chi connectivity index (χ4n) is 3.71.